The Kier molecular flexibility index (Phi) is 5.68. The topological polar surface area (TPSA) is 60.2 Å². The first kappa shape index (κ1) is 18.9. The maximum absolute atomic E-state index is 13.0. The fraction of sp³-hybridized carbons (Fsp3) is 0.261. The summed E-state index contributed by atoms with van der Waals surface area (Å²) in [7, 11) is 1.59. The lowest BCUT2D eigenvalue weighted by molar-refractivity contribution is 0.280. The Bertz CT molecular complexity index is 1110. The van der Waals surface area contributed by atoms with Crippen LogP contribution >= 0.6 is 0 Å². The minimum atomic E-state index is 0.0374. The van der Waals surface area contributed by atoms with Crippen molar-refractivity contribution in [3.63, 3.8) is 0 Å². The maximum atomic E-state index is 13.0. The summed E-state index contributed by atoms with van der Waals surface area (Å²) in [6.07, 6.45) is 4.11. The highest BCUT2D eigenvalue weighted by Crippen LogP contribution is 2.13. The summed E-state index contributed by atoms with van der Waals surface area (Å²) in [5, 5.41) is 0. The molecule has 0 saturated heterocycles. The standard InChI is InChI=1S/C23H22N4O2/c1-29-22-14-18(9-11-24-22)8-5-12-26-13-10-21-20(16-26)23(28)27(17-25-21)15-19-6-3-2-4-7-19/h2-4,6-7,9,11,14,17H,10,12-13,15-16H2,1H3. The minimum absolute atomic E-state index is 0.0374. The molecule has 0 N–H and O–H groups in total. The number of pyridine rings is 1. The molecule has 3 heterocycles. The van der Waals surface area contributed by atoms with Crippen molar-refractivity contribution in [3.05, 3.63) is 87.7 Å². The highest BCUT2D eigenvalue weighted by atomic mass is 16.5. The monoisotopic (exact) mass is 386 g/mol. The second-order valence-corrected chi connectivity index (χ2v) is 6.94. The molecule has 6 heteroatoms. The van der Waals surface area contributed by atoms with Gasteiger partial charge in [0.2, 0.25) is 5.88 Å². The Morgan fingerprint density at radius 2 is 2.03 bits per heavy atom. The Hall–Kier alpha value is -3.43. The molecule has 146 valence electrons. The Balaban J connectivity index is 1.47. The summed E-state index contributed by atoms with van der Waals surface area (Å²) in [5.74, 6) is 6.88. The van der Waals surface area contributed by atoms with Gasteiger partial charge in [0.05, 0.1) is 37.8 Å². The van der Waals surface area contributed by atoms with Crippen molar-refractivity contribution in [2.24, 2.45) is 0 Å². The van der Waals surface area contributed by atoms with Crippen LogP contribution in [0.3, 0.4) is 0 Å². The molecule has 0 spiro atoms. The van der Waals surface area contributed by atoms with Gasteiger partial charge in [0.25, 0.3) is 5.56 Å². The number of nitrogens with zero attached hydrogens (tertiary/aromatic N) is 4. The van der Waals surface area contributed by atoms with E-state index >= 15 is 0 Å². The van der Waals surface area contributed by atoms with Crippen molar-refractivity contribution < 1.29 is 4.74 Å². The normalized spacial score (nSPS) is 13.3. The highest BCUT2D eigenvalue weighted by Gasteiger charge is 2.20. The van der Waals surface area contributed by atoms with E-state index in [0.29, 0.717) is 25.5 Å². The predicted molar refractivity (Wildman–Crippen MR) is 111 cm³/mol. The van der Waals surface area contributed by atoms with Gasteiger partial charge >= 0.3 is 0 Å². The molecule has 29 heavy (non-hydrogen) atoms. The third-order valence-corrected chi connectivity index (χ3v) is 4.94. The first-order valence-electron chi connectivity index (χ1n) is 9.55. The van der Waals surface area contributed by atoms with Crippen molar-refractivity contribution in [1.82, 2.24) is 19.4 Å². The molecule has 0 aliphatic carbocycles. The third-order valence-electron chi connectivity index (χ3n) is 4.94. The van der Waals surface area contributed by atoms with Crippen LogP contribution < -0.4 is 10.3 Å². The van der Waals surface area contributed by atoms with Crippen LogP contribution in [0, 0.1) is 11.8 Å². The van der Waals surface area contributed by atoms with Crippen LogP contribution in [0.15, 0.2) is 59.8 Å². The Labute approximate surface area is 169 Å². The number of aromatic nitrogens is 3. The molecule has 1 aliphatic heterocycles. The summed E-state index contributed by atoms with van der Waals surface area (Å²) in [6.45, 7) is 2.54. The molecule has 0 bridgehead atoms. The molecule has 0 radical (unpaired) electrons. The van der Waals surface area contributed by atoms with Crippen LogP contribution in [0.25, 0.3) is 0 Å². The molecular weight excluding hydrogens is 364 g/mol. The van der Waals surface area contributed by atoms with Gasteiger partial charge in [0.1, 0.15) is 0 Å². The van der Waals surface area contributed by atoms with Crippen molar-refractivity contribution in [3.8, 4) is 17.7 Å². The van der Waals surface area contributed by atoms with Crippen LogP contribution in [0.5, 0.6) is 5.88 Å². The average molecular weight is 386 g/mol. The van der Waals surface area contributed by atoms with E-state index in [-0.39, 0.29) is 5.56 Å². The zero-order chi connectivity index (χ0) is 20.1. The van der Waals surface area contributed by atoms with E-state index in [1.807, 2.05) is 42.5 Å². The number of hydrogen-bond donors (Lipinski definition) is 0. The molecule has 2 aromatic heterocycles. The fourth-order valence-electron chi connectivity index (χ4n) is 3.39. The first-order valence-corrected chi connectivity index (χ1v) is 9.55. The largest absolute Gasteiger partial charge is 0.481 e. The van der Waals surface area contributed by atoms with E-state index in [1.54, 1.807) is 24.2 Å². The fourth-order valence-corrected chi connectivity index (χ4v) is 3.39. The number of rotatable bonds is 4. The van der Waals surface area contributed by atoms with Crippen LogP contribution in [-0.2, 0) is 19.5 Å². The van der Waals surface area contributed by atoms with Gasteiger partial charge in [-0.1, -0.05) is 42.2 Å². The van der Waals surface area contributed by atoms with E-state index < -0.39 is 0 Å². The van der Waals surface area contributed by atoms with Gasteiger partial charge < -0.3 is 4.74 Å². The number of ether oxygens (including phenoxy) is 1. The molecule has 0 saturated carbocycles. The zero-order valence-electron chi connectivity index (χ0n) is 16.3. The highest BCUT2D eigenvalue weighted by molar-refractivity contribution is 5.36. The van der Waals surface area contributed by atoms with Crippen LogP contribution in [0.1, 0.15) is 22.4 Å². The van der Waals surface area contributed by atoms with Crippen molar-refractivity contribution >= 4 is 0 Å². The van der Waals surface area contributed by atoms with Crippen LogP contribution in [0.2, 0.25) is 0 Å². The molecule has 0 atom stereocenters. The summed E-state index contributed by atoms with van der Waals surface area (Å²) < 4.78 is 6.81. The molecule has 4 rings (SSSR count). The lowest BCUT2D eigenvalue weighted by atomic mass is 10.1. The molecule has 0 amide bonds. The molecule has 3 aromatic rings. The first-order chi connectivity index (χ1) is 14.2. The summed E-state index contributed by atoms with van der Waals surface area (Å²) in [6, 6.07) is 13.6. The van der Waals surface area contributed by atoms with Crippen molar-refractivity contribution in [1.29, 1.82) is 0 Å². The van der Waals surface area contributed by atoms with Gasteiger partial charge in [0, 0.05) is 37.3 Å². The van der Waals surface area contributed by atoms with Gasteiger partial charge in [-0.2, -0.15) is 0 Å². The predicted octanol–water partition coefficient (Wildman–Crippen LogP) is 2.11. The molecule has 0 unspecified atom stereocenters. The number of hydrogen-bond acceptors (Lipinski definition) is 5. The quantitative estimate of drug-likeness (QED) is 0.643. The third kappa shape index (κ3) is 4.53. The van der Waals surface area contributed by atoms with Gasteiger partial charge in [-0.15, -0.1) is 0 Å². The smallest absolute Gasteiger partial charge is 0.258 e. The Morgan fingerprint density at radius 3 is 2.86 bits per heavy atom. The Morgan fingerprint density at radius 1 is 1.17 bits per heavy atom. The number of methoxy groups -OCH3 is 1. The SMILES string of the molecule is COc1cc(C#CCN2CCc3ncn(Cc4ccccc4)c(=O)c3C2)ccn1. The molecule has 0 fully saturated rings. The van der Waals surface area contributed by atoms with E-state index in [4.69, 9.17) is 4.74 Å². The summed E-state index contributed by atoms with van der Waals surface area (Å²) in [4.78, 5) is 23.8. The van der Waals surface area contributed by atoms with Crippen LogP contribution in [-0.4, -0.2) is 39.6 Å². The molecule has 1 aliphatic rings. The lowest BCUT2D eigenvalue weighted by Crippen LogP contribution is -2.38. The van der Waals surface area contributed by atoms with E-state index in [2.05, 4.69) is 26.7 Å². The molecule has 6 nitrogen and oxygen atoms in total. The van der Waals surface area contributed by atoms with Gasteiger partial charge in [-0.25, -0.2) is 9.97 Å². The van der Waals surface area contributed by atoms with Crippen molar-refractivity contribution in [2.75, 3.05) is 20.2 Å². The van der Waals surface area contributed by atoms with E-state index in [0.717, 1.165) is 35.3 Å². The molecule has 1 aromatic carbocycles. The van der Waals surface area contributed by atoms with Crippen LogP contribution in [0.4, 0.5) is 0 Å². The van der Waals surface area contributed by atoms with E-state index in [9.17, 15) is 4.79 Å². The van der Waals surface area contributed by atoms with Gasteiger partial charge in [0.15, 0.2) is 0 Å². The number of benzene rings is 1. The summed E-state index contributed by atoms with van der Waals surface area (Å²) in [5.41, 5.74) is 3.67. The lowest BCUT2D eigenvalue weighted by Gasteiger charge is -2.26. The summed E-state index contributed by atoms with van der Waals surface area (Å²) >= 11 is 0. The van der Waals surface area contributed by atoms with Gasteiger partial charge in [-0.3, -0.25) is 14.3 Å². The second-order valence-electron chi connectivity index (χ2n) is 6.94. The average Bonchev–Trinajstić information content (AvgIpc) is 2.77. The second kappa shape index (κ2) is 8.72. The minimum Gasteiger partial charge on any atom is -0.481 e. The zero-order valence-corrected chi connectivity index (χ0v) is 16.3. The number of fused-ring (bicyclic) bond motifs is 1. The maximum Gasteiger partial charge on any atom is 0.258 e. The molecular formula is C23H22N4O2. The van der Waals surface area contributed by atoms with Crippen molar-refractivity contribution in [2.45, 2.75) is 19.5 Å². The van der Waals surface area contributed by atoms with E-state index in [1.165, 1.54) is 0 Å². The van der Waals surface area contributed by atoms with Gasteiger partial charge in [-0.05, 0) is 11.6 Å².